The van der Waals surface area contributed by atoms with Crippen LogP contribution in [0.1, 0.15) is 62.2 Å². The van der Waals surface area contributed by atoms with Gasteiger partial charge in [-0.25, -0.2) is 0 Å². The maximum absolute atomic E-state index is 14.1. The first-order valence-electron chi connectivity index (χ1n) is 24.0. The second-order valence-electron chi connectivity index (χ2n) is 20.3. The average molecular weight is 1200 g/mol. The van der Waals surface area contributed by atoms with Crippen molar-refractivity contribution in [2.45, 2.75) is 89.3 Å². The molecule has 27 N–H and O–H groups in total. The van der Waals surface area contributed by atoms with Crippen molar-refractivity contribution in [2.24, 2.45) is 5.92 Å². The van der Waals surface area contributed by atoms with E-state index >= 15 is 0 Å². The lowest BCUT2D eigenvalue weighted by atomic mass is 9.67. The summed E-state index contributed by atoms with van der Waals surface area (Å²) >= 11 is 0. The second kappa shape index (κ2) is 19.4. The third kappa shape index (κ3) is 7.71. The number of rotatable bonds is 15. The van der Waals surface area contributed by atoms with Gasteiger partial charge >= 0.3 is 0 Å². The van der Waals surface area contributed by atoms with E-state index in [1.807, 2.05) is 17.0 Å². The Labute approximate surface area is 466 Å². The first-order valence-corrected chi connectivity index (χ1v) is 24.0. The number of likely N-dealkylation sites (tertiary alicyclic amines) is 2. The SMILES string of the molecule is COc1c(O)c2c(c(O)c1OC)C(O)(O)C(O)(CC1(O)C(O)(O)C(O)(O)N(C(O)(O)c3c(O)c(O)c(OCOc4c(O)c5c(c(O)c4OC)C(O)(O)C(O)(C(O)(O)C4CCN(Cc6ccccc6)CC4)C5=O)c(O)c3O)C(O)(O)C1(O)O)C2=O. The van der Waals surface area contributed by atoms with Gasteiger partial charge < -0.3 is 162 Å². The fourth-order valence-corrected chi connectivity index (χ4v) is 11.3. The Morgan fingerprint density at radius 1 is 0.524 bits per heavy atom. The number of carbonyl (C=O) groups excluding carboxylic acids is 2. The van der Waals surface area contributed by atoms with Crippen LogP contribution < -0.4 is 23.7 Å². The predicted octanol–water partition coefficient (Wildman–Crippen LogP) is -8.63. The molecule has 4 aromatic rings. The van der Waals surface area contributed by atoms with Crippen molar-refractivity contribution < 1.29 is 171 Å². The highest BCUT2D eigenvalue weighted by molar-refractivity contribution is 6.13. The molecule has 0 spiro atoms. The lowest BCUT2D eigenvalue weighted by Crippen LogP contribution is -2.95. The number of phenolic OH excluding ortho intramolecular Hbond substituents is 8. The highest BCUT2D eigenvalue weighted by Crippen LogP contribution is 2.65. The van der Waals surface area contributed by atoms with E-state index in [0.717, 1.165) is 26.9 Å². The standard InChI is InChI=1S/C48H56N2O34/c1-80-32-23(51)18-20(27(55)33(32)81-2)42(66,67)38(61,36(18)59)14-39(62)45(72,73)47(76,77)50(48(78,79)46(39,74)75)44(70,71)22-25(53)29(57)31(30(58)26(22)54)83-15-84-35-24(52)19-21(28(56)34(35)82-3)43(68,69)40(63,37(19)60)41(64,65)17-9-11-49(12-10-17)13-16-7-5-4-6-8-16/h4-8,17,51-58,61-79H,9-15H2,1-3H3. The molecule has 4 aliphatic rings. The van der Waals surface area contributed by atoms with Crippen molar-refractivity contribution in [3.63, 3.8) is 0 Å². The molecule has 2 atom stereocenters. The van der Waals surface area contributed by atoms with Crippen LogP contribution in [0.5, 0.6) is 74.7 Å². The monoisotopic (exact) mass is 1200 g/mol. The average Bonchev–Trinajstić information content (AvgIpc) is 0.984. The van der Waals surface area contributed by atoms with Crippen molar-refractivity contribution in [2.75, 3.05) is 41.2 Å². The number of ether oxygens (including phenoxy) is 5. The van der Waals surface area contributed by atoms with Crippen molar-refractivity contribution in [1.82, 2.24) is 9.80 Å². The summed E-state index contributed by atoms with van der Waals surface area (Å²) in [7, 11) is 2.28. The van der Waals surface area contributed by atoms with Gasteiger partial charge in [0.15, 0.2) is 45.7 Å². The lowest BCUT2D eigenvalue weighted by Gasteiger charge is -2.65. The van der Waals surface area contributed by atoms with Crippen molar-refractivity contribution in [3.05, 3.63) is 63.7 Å². The highest BCUT2D eigenvalue weighted by atomic mass is 16.7. The molecule has 0 radical (unpaired) electrons. The van der Waals surface area contributed by atoms with Crippen LogP contribution in [0, 0.1) is 5.92 Å². The van der Waals surface area contributed by atoms with E-state index < -0.39 is 202 Å². The van der Waals surface area contributed by atoms with Gasteiger partial charge in [0.05, 0.1) is 43.6 Å². The first-order chi connectivity index (χ1) is 38.4. The van der Waals surface area contributed by atoms with E-state index in [-0.39, 0.29) is 25.9 Å². The summed E-state index contributed by atoms with van der Waals surface area (Å²) in [6.45, 7) is -1.06. The molecule has 84 heavy (non-hydrogen) atoms. The number of phenols is 8. The van der Waals surface area contributed by atoms with E-state index in [4.69, 9.17) is 23.7 Å². The zero-order valence-electron chi connectivity index (χ0n) is 43.2. The molecule has 2 fully saturated rings. The number of hydrogen-bond acceptors (Lipinski definition) is 36. The van der Waals surface area contributed by atoms with Crippen LogP contribution >= 0.6 is 0 Å². The molecule has 36 heteroatoms. The van der Waals surface area contributed by atoms with Crippen LogP contribution in [-0.2, 0) is 24.0 Å². The molecule has 0 bridgehead atoms. The number of nitrogens with zero attached hydrogens (tertiary/aromatic N) is 2. The number of hydrogen-bond donors (Lipinski definition) is 27. The normalized spacial score (nSPS) is 24.1. The van der Waals surface area contributed by atoms with Crippen LogP contribution in [-0.4, -0.2) is 246 Å². The van der Waals surface area contributed by atoms with Gasteiger partial charge in [-0.15, -0.1) is 4.90 Å². The molecule has 2 aliphatic heterocycles. The Hall–Kier alpha value is -7.22. The number of benzene rings is 4. The molecule has 36 nitrogen and oxygen atoms in total. The van der Waals surface area contributed by atoms with Crippen LogP contribution in [0.15, 0.2) is 30.3 Å². The molecule has 2 unspecified atom stereocenters. The van der Waals surface area contributed by atoms with Gasteiger partial charge in [0.1, 0.15) is 5.56 Å². The van der Waals surface area contributed by atoms with Gasteiger partial charge in [-0.3, -0.25) is 14.5 Å². The number of aromatic hydroxyl groups is 8. The van der Waals surface area contributed by atoms with Crippen molar-refractivity contribution >= 4 is 11.6 Å². The summed E-state index contributed by atoms with van der Waals surface area (Å²) in [5.41, 5.74) is -22.0. The molecule has 462 valence electrons. The summed E-state index contributed by atoms with van der Waals surface area (Å²) in [5, 5.41) is 305. The van der Waals surface area contributed by atoms with Gasteiger partial charge in [0.25, 0.3) is 29.3 Å². The van der Waals surface area contributed by atoms with Gasteiger partial charge in [-0.1, -0.05) is 30.3 Å². The zero-order chi connectivity index (χ0) is 63.4. The molecule has 4 aromatic carbocycles. The van der Waals surface area contributed by atoms with E-state index in [2.05, 4.69) is 0 Å². The number of methoxy groups -OCH3 is 3. The number of fused-ring (bicyclic) bond motifs is 2. The van der Waals surface area contributed by atoms with Crippen LogP contribution in [0.2, 0.25) is 0 Å². The van der Waals surface area contributed by atoms with Gasteiger partial charge in [-0.2, -0.15) is 0 Å². The molecule has 2 aliphatic carbocycles. The van der Waals surface area contributed by atoms with Crippen molar-refractivity contribution in [1.29, 1.82) is 0 Å². The molecule has 2 heterocycles. The van der Waals surface area contributed by atoms with E-state index in [0.29, 0.717) is 6.54 Å². The van der Waals surface area contributed by atoms with E-state index in [1.54, 1.807) is 18.2 Å². The Morgan fingerprint density at radius 3 is 1.42 bits per heavy atom. The third-order valence-electron chi connectivity index (χ3n) is 15.8. The Bertz CT molecular complexity index is 3290. The number of piperidine rings is 2. The number of carbonyl (C=O) groups is 2. The minimum absolute atomic E-state index is 0.116. The quantitative estimate of drug-likeness (QED) is 0.0299. The number of ketones is 2. The highest BCUT2D eigenvalue weighted by Gasteiger charge is 2.89. The summed E-state index contributed by atoms with van der Waals surface area (Å²) in [5.74, 6) is -68.2. The van der Waals surface area contributed by atoms with Gasteiger partial charge in [-0.05, 0) is 31.5 Å². The van der Waals surface area contributed by atoms with E-state index in [9.17, 15) is 147 Å². The van der Waals surface area contributed by atoms with Gasteiger partial charge in [0, 0.05) is 18.9 Å². The molecular weight excluding hydrogens is 1150 g/mol. The largest absolute Gasteiger partial charge is 0.504 e. The molecule has 8 rings (SSSR count). The van der Waals surface area contributed by atoms with Gasteiger partial charge in [0.2, 0.25) is 81.6 Å². The Morgan fingerprint density at radius 2 is 0.940 bits per heavy atom. The molecule has 2 saturated heterocycles. The van der Waals surface area contributed by atoms with Crippen LogP contribution in [0.3, 0.4) is 0 Å². The number of aliphatic hydroxyl groups is 19. The first kappa shape index (κ1) is 62.8. The molecule has 0 aromatic heterocycles. The molecular formula is C48H56N2O34. The molecule has 0 amide bonds. The summed E-state index contributed by atoms with van der Waals surface area (Å²) in [6, 6.07) is 9.00. The topological polar surface area (TPSA) is 633 Å². The minimum Gasteiger partial charge on any atom is -0.504 e. The molecule has 0 saturated carbocycles. The smallest absolute Gasteiger partial charge is 0.294 e. The van der Waals surface area contributed by atoms with Crippen LogP contribution in [0.25, 0.3) is 0 Å². The maximum atomic E-state index is 14.1. The van der Waals surface area contributed by atoms with E-state index in [1.165, 1.54) is 0 Å². The summed E-state index contributed by atoms with van der Waals surface area (Å²) < 4.78 is 24.8. The fraction of sp³-hybridized carbons (Fsp3) is 0.458. The zero-order valence-corrected chi connectivity index (χ0v) is 43.2. The van der Waals surface area contributed by atoms with Crippen LogP contribution in [0.4, 0.5) is 0 Å². The third-order valence-corrected chi connectivity index (χ3v) is 15.8. The Kier molecular flexibility index (Phi) is 14.5. The summed E-state index contributed by atoms with van der Waals surface area (Å²) in [6.07, 6.45) is -3.36. The van der Waals surface area contributed by atoms with Crippen molar-refractivity contribution in [3.8, 4) is 74.7 Å². The maximum Gasteiger partial charge on any atom is 0.294 e. The Balaban J connectivity index is 1.09. The lowest BCUT2D eigenvalue weighted by molar-refractivity contribution is -0.630. The minimum atomic E-state index is -5.74. The second-order valence-corrected chi connectivity index (χ2v) is 20.3. The number of Topliss-reactive ketones (excluding diaryl/α,β-unsaturated/α-hetero) is 2. The fourth-order valence-electron chi connectivity index (χ4n) is 11.3. The predicted molar refractivity (Wildman–Crippen MR) is 257 cm³/mol. The summed E-state index contributed by atoms with van der Waals surface area (Å²) in [4.78, 5) is 27.8.